The average Bonchev–Trinajstić information content (AvgIpc) is 2.73. The average molecular weight is 638 g/mol. The molecule has 1 aromatic rings. The monoisotopic (exact) mass is 636 g/mol. The molecular weight excluding hydrogens is 618 g/mol. The van der Waals surface area contributed by atoms with Crippen LogP contribution in [0.1, 0.15) is 6.92 Å². The summed E-state index contributed by atoms with van der Waals surface area (Å²) in [6, 6.07) is 7.85. The van der Waals surface area contributed by atoms with Gasteiger partial charge in [0, 0.05) is 12.9 Å². The molecule has 2 aliphatic heterocycles. The van der Waals surface area contributed by atoms with Gasteiger partial charge in [0.05, 0.1) is 3.42 Å². The van der Waals surface area contributed by atoms with Gasteiger partial charge in [-0.15, -0.1) is 11.8 Å². The number of amides is 2. The molecule has 2 amide bonds. The van der Waals surface area contributed by atoms with Crippen molar-refractivity contribution in [3.8, 4) is 5.75 Å². The van der Waals surface area contributed by atoms with Crippen LogP contribution >= 0.6 is 69.2 Å². The molecule has 0 aliphatic carbocycles. The minimum atomic E-state index is -1.78. The summed E-state index contributed by atoms with van der Waals surface area (Å²) in [7, 11) is 1.32. The highest BCUT2D eigenvalue weighted by Crippen LogP contribution is 2.50. The predicted molar refractivity (Wildman–Crippen MR) is 130 cm³/mol. The topological polar surface area (TPSA) is 94.2 Å². The smallest absolute Gasteiger partial charge is 0.330 e. The van der Waals surface area contributed by atoms with Gasteiger partial charge in [-0.05, 0) is 19.1 Å². The summed E-state index contributed by atoms with van der Waals surface area (Å²) in [5.74, 6) is -0.807. The molecule has 2 aliphatic rings. The van der Waals surface area contributed by atoms with Crippen LogP contribution in [-0.4, -0.2) is 73.1 Å². The van der Waals surface area contributed by atoms with E-state index in [0.29, 0.717) is 11.5 Å². The molecule has 13 heteroatoms. The van der Waals surface area contributed by atoms with E-state index in [1.54, 1.807) is 24.3 Å². The maximum absolute atomic E-state index is 13.2. The third-order valence-electron chi connectivity index (χ3n) is 4.89. The number of nitrogens with one attached hydrogen (secondary N) is 1. The molecule has 176 valence electrons. The van der Waals surface area contributed by atoms with Crippen molar-refractivity contribution < 1.29 is 28.6 Å². The molecule has 0 spiro atoms. The fourth-order valence-corrected chi connectivity index (χ4v) is 6.22. The Balaban J connectivity index is 1.72. The summed E-state index contributed by atoms with van der Waals surface area (Å²) in [6.45, 7) is 1.06. The van der Waals surface area contributed by atoms with Crippen LogP contribution in [-0.2, 0) is 23.9 Å². The normalized spacial score (nSPS) is 29.6. The van der Waals surface area contributed by atoms with E-state index in [9.17, 15) is 14.4 Å². The van der Waals surface area contributed by atoms with Crippen molar-refractivity contribution in [2.45, 2.75) is 31.3 Å². The highest BCUT2D eigenvalue weighted by molar-refractivity contribution is 14.1. The summed E-state index contributed by atoms with van der Waals surface area (Å²) >= 11 is 20.5. The van der Waals surface area contributed by atoms with E-state index >= 15 is 0 Å². The molecular formula is C19H20Cl3IN2O6S. The molecule has 1 N–H and O–H groups in total. The zero-order chi connectivity index (χ0) is 23.7. The first kappa shape index (κ1) is 26.0. The van der Waals surface area contributed by atoms with Crippen molar-refractivity contribution in [2.24, 2.45) is 0 Å². The summed E-state index contributed by atoms with van der Waals surface area (Å²) in [5, 5.41) is 1.98. The Morgan fingerprint density at radius 2 is 1.97 bits per heavy atom. The molecule has 3 unspecified atom stereocenters. The van der Waals surface area contributed by atoms with E-state index in [4.69, 9.17) is 49.0 Å². The van der Waals surface area contributed by atoms with Crippen LogP contribution in [0.2, 0.25) is 0 Å². The Morgan fingerprint density at radius 3 is 2.56 bits per heavy atom. The highest BCUT2D eigenvalue weighted by atomic mass is 127. The van der Waals surface area contributed by atoms with Crippen molar-refractivity contribution in [3.63, 3.8) is 0 Å². The number of carbonyl (C=O) groups excluding carboxylic acids is 3. The maximum Gasteiger partial charge on any atom is 0.330 e. The third-order valence-corrected chi connectivity index (χ3v) is 8.34. The lowest BCUT2D eigenvalue weighted by atomic mass is 9.92. The molecule has 0 saturated carbocycles. The second-order valence-electron chi connectivity index (χ2n) is 7.37. The van der Waals surface area contributed by atoms with Crippen molar-refractivity contribution in [1.29, 1.82) is 0 Å². The molecule has 2 fully saturated rings. The molecule has 0 radical (unpaired) electrons. The van der Waals surface area contributed by atoms with Crippen LogP contribution in [0.4, 0.5) is 0 Å². The third kappa shape index (κ3) is 5.35. The van der Waals surface area contributed by atoms with Gasteiger partial charge >= 0.3 is 5.97 Å². The fourth-order valence-electron chi connectivity index (χ4n) is 3.45. The molecule has 32 heavy (non-hydrogen) atoms. The number of esters is 1. The summed E-state index contributed by atoms with van der Waals surface area (Å²) in [4.78, 5) is 39.9. The number of para-hydroxylation sites is 1. The number of carbonyl (C=O) groups is 3. The fraction of sp³-hybridized carbons (Fsp3) is 0.526. The van der Waals surface area contributed by atoms with E-state index in [0.717, 1.165) is 0 Å². The Kier molecular flexibility index (Phi) is 8.04. The lowest BCUT2D eigenvalue weighted by molar-refractivity contribution is -0.206. The SMILES string of the molecule is COC1(NC(=O)COc2ccccc2)C(=O)N2C(C(=O)OCC(Cl)(Cl)Cl)C(C)(I)CS[C@H]21. The minimum Gasteiger partial charge on any atom is -0.484 e. The molecule has 0 aromatic heterocycles. The number of thioether (sulfide) groups is 1. The molecule has 0 bridgehead atoms. The van der Waals surface area contributed by atoms with E-state index in [1.165, 1.54) is 23.8 Å². The van der Waals surface area contributed by atoms with Crippen molar-refractivity contribution in [3.05, 3.63) is 30.3 Å². The molecule has 2 saturated heterocycles. The van der Waals surface area contributed by atoms with Crippen molar-refractivity contribution in [1.82, 2.24) is 10.2 Å². The lowest BCUT2D eigenvalue weighted by Gasteiger charge is -2.60. The first-order valence-corrected chi connectivity index (χ1v) is 12.6. The number of hydrogen-bond acceptors (Lipinski definition) is 7. The maximum atomic E-state index is 13.2. The number of fused-ring (bicyclic) bond motifs is 1. The van der Waals surface area contributed by atoms with Crippen LogP contribution in [0, 0.1) is 0 Å². The highest BCUT2D eigenvalue weighted by Gasteiger charge is 2.70. The van der Waals surface area contributed by atoms with Gasteiger partial charge in [0.15, 0.2) is 6.61 Å². The molecule has 2 heterocycles. The standard InChI is InChI=1S/C19H20Cl3IN2O6S/c1-17(23)10-32-16-19(29-2,24-12(26)8-30-11-6-4-3-5-7-11)15(28)25(16)13(17)14(27)31-9-18(20,21)22/h3-7,13,16H,8-10H2,1-2H3,(H,24,26)/t13?,16-,17?,19?/m0/s1. The van der Waals surface area contributed by atoms with Crippen LogP contribution in [0.5, 0.6) is 5.75 Å². The van der Waals surface area contributed by atoms with Gasteiger partial charge in [-0.3, -0.25) is 9.59 Å². The van der Waals surface area contributed by atoms with Gasteiger partial charge in [0.2, 0.25) is 3.79 Å². The molecule has 8 nitrogen and oxygen atoms in total. The minimum absolute atomic E-state index is 0.307. The van der Waals surface area contributed by atoms with E-state index < -0.39 is 48.7 Å². The zero-order valence-corrected chi connectivity index (χ0v) is 22.2. The van der Waals surface area contributed by atoms with Crippen LogP contribution < -0.4 is 10.1 Å². The van der Waals surface area contributed by atoms with Gasteiger partial charge in [-0.2, -0.15) is 0 Å². The first-order valence-electron chi connectivity index (χ1n) is 9.32. The van der Waals surface area contributed by atoms with E-state index in [2.05, 4.69) is 27.9 Å². The number of halogens is 4. The number of hydrogen-bond donors (Lipinski definition) is 1. The summed E-state index contributed by atoms with van der Waals surface area (Å²) < 4.78 is 13.6. The van der Waals surface area contributed by atoms with E-state index in [1.807, 2.05) is 13.0 Å². The van der Waals surface area contributed by atoms with Crippen LogP contribution in [0.15, 0.2) is 30.3 Å². The quantitative estimate of drug-likeness (QED) is 0.162. The van der Waals surface area contributed by atoms with Gasteiger partial charge < -0.3 is 24.4 Å². The number of ether oxygens (including phenoxy) is 3. The number of nitrogens with zero attached hydrogens (tertiary/aromatic N) is 1. The Hall–Kier alpha value is -0.660. The van der Waals surface area contributed by atoms with Crippen LogP contribution in [0.3, 0.4) is 0 Å². The van der Waals surface area contributed by atoms with Gasteiger partial charge in [-0.25, -0.2) is 4.79 Å². The molecule has 1 aromatic carbocycles. The Bertz CT molecular complexity index is 888. The zero-order valence-electron chi connectivity index (χ0n) is 17.0. The van der Waals surface area contributed by atoms with Gasteiger partial charge in [-0.1, -0.05) is 75.6 Å². The lowest BCUT2D eigenvalue weighted by Crippen LogP contribution is -2.85. The number of β-lactam (4-membered cyclic amide) rings is 1. The summed E-state index contributed by atoms with van der Waals surface area (Å²) in [6.07, 6.45) is 0. The number of methoxy groups -OCH3 is 1. The molecule has 3 rings (SSSR count). The van der Waals surface area contributed by atoms with Crippen LogP contribution in [0.25, 0.3) is 0 Å². The van der Waals surface area contributed by atoms with Gasteiger partial charge in [0.25, 0.3) is 17.5 Å². The van der Waals surface area contributed by atoms with Crippen molar-refractivity contribution >= 4 is 86.9 Å². The number of rotatable bonds is 7. The molecule has 4 atom stereocenters. The second-order valence-corrected chi connectivity index (χ2v) is 13.4. The Labute approximate surface area is 218 Å². The Morgan fingerprint density at radius 1 is 1.31 bits per heavy atom. The van der Waals surface area contributed by atoms with Gasteiger partial charge in [0.1, 0.15) is 23.8 Å². The largest absolute Gasteiger partial charge is 0.484 e. The van der Waals surface area contributed by atoms with Crippen molar-refractivity contribution in [2.75, 3.05) is 26.1 Å². The predicted octanol–water partition coefficient (Wildman–Crippen LogP) is 2.92. The summed E-state index contributed by atoms with van der Waals surface area (Å²) in [5.41, 5.74) is -1.62. The number of benzene rings is 1. The second kappa shape index (κ2) is 9.91. The number of alkyl halides is 4. The van der Waals surface area contributed by atoms with E-state index in [-0.39, 0.29) is 6.61 Å². The first-order chi connectivity index (χ1) is 14.9.